The van der Waals surface area contributed by atoms with Crippen molar-refractivity contribution in [2.24, 2.45) is 0 Å². The molecule has 150 valence electrons. The molecule has 2 aromatic rings. The molecule has 9 heteroatoms. The van der Waals surface area contributed by atoms with Gasteiger partial charge in [0, 0.05) is 11.8 Å². The van der Waals surface area contributed by atoms with Crippen LogP contribution in [0.3, 0.4) is 0 Å². The summed E-state index contributed by atoms with van der Waals surface area (Å²) in [5.74, 6) is -0.165. The van der Waals surface area contributed by atoms with Crippen molar-refractivity contribution in [2.45, 2.75) is 30.7 Å². The van der Waals surface area contributed by atoms with Gasteiger partial charge in [-0.15, -0.1) is 0 Å². The second-order valence-electron chi connectivity index (χ2n) is 6.26. The molecule has 1 aromatic carbocycles. The largest absolute Gasteiger partial charge is 0.464 e. The van der Waals surface area contributed by atoms with E-state index < -0.39 is 43.3 Å². The van der Waals surface area contributed by atoms with Gasteiger partial charge in [0.1, 0.15) is 35.9 Å². The van der Waals surface area contributed by atoms with Crippen LogP contribution in [0.1, 0.15) is 10.5 Å². The Labute approximate surface area is 160 Å². The van der Waals surface area contributed by atoms with E-state index >= 15 is 0 Å². The van der Waals surface area contributed by atoms with E-state index in [0.717, 1.165) is 11.1 Å². The van der Waals surface area contributed by atoms with E-state index in [1.165, 1.54) is 7.11 Å². The number of benzene rings is 1. The average Bonchev–Trinajstić information content (AvgIpc) is 2.74. The zero-order valence-corrected chi connectivity index (χ0v) is 15.0. The van der Waals surface area contributed by atoms with E-state index in [4.69, 9.17) is 9.47 Å². The number of hydrogen-bond acceptors (Lipinski definition) is 9. The first kappa shape index (κ1) is 20.2. The van der Waals surface area contributed by atoms with Crippen LogP contribution < -0.4 is 4.74 Å². The summed E-state index contributed by atoms with van der Waals surface area (Å²) in [6.45, 7) is -0.529. The van der Waals surface area contributed by atoms with Crippen molar-refractivity contribution >= 4 is 5.97 Å². The monoisotopic (exact) mass is 391 g/mol. The number of carbonyl (C=O) groups excluding carboxylic acids is 1. The zero-order chi connectivity index (χ0) is 20.3. The molecule has 1 fully saturated rings. The van der Waals surface area contributed by atoms with Gasteiger partial charge in [0.25, 0.3) is 0 Å². The standard InChI is InChI=1S/C19H21NO8/c1-26-18(25)13-7-4-11(8-20-13)10-2-5-12(6-3-10)27-19-17(24)16(23)15(22)14(9-21)28-19/h2-8,14-17,19,21-24H,9H2,1H3/t14-,15-,16+,17+,19-/m1/s1. The van der Waals surface area contributed by atoms with Crippen LogP contribution in [0.25, 0.3) is 11.1 Å². The molecule has 0 saturated carbocycles. The Bertz CT molecular complexity index is 793. The molecule has 4 N–H and O–H groups in total. The molecular formula is C19H21NO8. The lowest BCUT2D eigenvalue weighted by Gasteiger charge is -2.39. The fourth-order valence-corrected chi connectivity index (χ4v) is 2.81. The normalized spacial score (nSPS) is 27.2. The highest BCUT2D eigenvalue weighted by Crippen LogP contribution is 2.26. The van der Waals surface area contributed by atoms with Crippen LogP contribution in [0.4, 0.5) is 0 Å². The van der Waals surface area contributed by atoms with E-state index in [2.05, 4.69) is 9.72 Å². The fraction of sp³-hybridized carbons (Fsp3) is 0.368. The molecule has 2 heterocycles. The molecule has 0 aliphatic carbocycles. The van der Waals surface area contributed by atoms with Gasteiger partial charge in [0.05, 0.1) is 13.7 Å². The average molecular weight is 391 g/mol. The first-order valence-electron chi connectivity index (χ1n) is 8.56. The quantitative estimate of drug-likeness (QED) is 0.507. The van der Waals surface area contributed by atoms with Crippen LogP contribution in [0.15, 0.2) is 42.6 Å². The minimum atomic E-state index is -1.51. The summed E-state index contributed by atoms with van der Waals surface area (Å²) in [7, 11) is 1.28. The van der Waals surface area contributed by atoms with Crippen LogP contribution in [0.5, 0.6) is 5.75 Å². The third-order valence-electron chi connectivity index (χ3n) is 4.45. The van der Waals surface area contributed by atoms with Crippen molar-refractivity contribution in [1.82, 2.24) is 4.98 Å². The van der Waals surface area contributed by atoms with Gasteiger partial charge in [0.15, 0.2) is 0 Å². The van der Waals surface area contributed by atoms with Crippen LogP contribution in [0.2, 0.25) is 0 Å². The number of esters is 1. The Morgan fingerprint density at radius 1 is 1.04 bits per heavy atom. The van der Waals surface area contributed by atoms with E-state index in [0.29, 0.717) is 5.75 Å². The van der Waals surface area contributed by atoms with E-state index in [1.807, 2.05) is 0 Å². The molecule has 5 atom stereocenters. The molecule has 0 radical (unpaired) electrons. The number of aromatic nitrogens is 1. The molecule has 28 heavy (non-hydrogen) atoms. The number of hydrogen-bond donors (Lipinski definition) is 4. The van der Waals surface area contributed by atoms with Crippen LogP contribution in [-0.4, -0.2) is 75.8 Å². The fourth-order valence-electron chi connectivity index (χ4n) is 2.81. The van der Waals surface area contributed by atoms with Gasteiger partial charge in [-0.3, -0.25) is 0 Å². The van der Waals surface area contributed by atoms with Crippen LogP contribution >= 0.6 is 0 Å². The number of carbonyl (C=O) groups is 1. The summed E-state index contributed by atoms with van der Waals surface area (Å²) in [5.41, 5.74) is 1.78. The third kappa shape index (κ3) is 4.13. The lowest BCUT2D eigenvalue weighted by molar-refractivity contribution is -0.277. The maximum atomic E-state index is 11.4. The summed E-state index contributed by atoms with van der Waals surface area (Å²) in [6, 6.07) is 10.0. The molecule has 1 aliphatic heterocycles. The van der Waals surface area contributed by atoms with Crippen molar-refractivity contribution < 1.29 is 39.4 Å². The Kier molecular flexibility index (Phi) is 6.22. The van der Waals surface area contributed by atoms with E-state index in [9.17, 15) is 25.2 Å². The zero-order valence-electron chi connectivity index (χ0n) is 15.0. The third-order valence-corrected chi connectivity index (χ3v) is 4.45. The number of methoxy groups -OCH3 is 1. The Balaban J connectivity index is 1.70. The minimum absolute atomic E-state index is 0.203. The first-order chi connectivity index (χ1) is 13.4. The van der Waals surface area contributed by atoms with Crippen molar-refractivity contribution in [3.05, 3.63) is 48.3 Å². The summed E-state index contributed by atoms with van der Waals surface area (Å²) in [5, 5.41) is 38.8. The number of aliphatic hydroxyl groups excluding tert-OH is 4. The van der Waals surface area contributed by atoms with E-state index in [1.54, 1.807) is 42.6 Å². The molecular weight excluding hydrogens is 370 g/mol. The molecule has 1 saturated heterocycles. The minimum Gasteiger partial charge on any atom is -0.464 e. The van der Waals surface area contributed by atoms with Gasteiger partial charge >= 0.3 is 5.97 Å². The molecule has 0 spiro atoms. The molecule has 0 amide bonds. The van der Waals surface area contributed by atoms with Gasteiger partial charge in [-0.05, 0) is 23.8 Å². The lowest BCUT2D eigenvalue weighted by Crippen LogP contribution is -2.60. The Morgan fingerprint density at radius 2 is 1.71 bits per heavy atom. The highest BCUT2D eigenvalue weighted by molar-refractivity contribution is 5.87. The number of aliphatic hydroxyl groups is 4. The smallest absolute Gasteiger partial charge is 0.356 e. The summed E-state index contributed by atoms with van der Waals surface area (Å²) < 4.78 is 15.5. The first-order valence-corrected chi connectivity index (χ1v) is 8.56. The van der Waals surface area contributed by atoms with Gasteiger partial charge in [0.2, 0.25) is 6.29 Å². The molecule has 3 rings (SSSR count). The predicted octanol–water partition coefficient (Wildman–Crippen LogP) is -0.286. The lowest BCUT2D eigenvalue weighted by atomic mass is 9.99. The number of pyridine rings is 1. The maximum Gasteiger partial charge on any atom is 0.356 e. The number of nitrogens with zero attached hydrogens (tertiary/aromatic N) is 1. The molecule has 9 nitrogen and oxygen atoms in total. The Hall–Kier alpha value is -2.56. The molecule has 1 aromatic heterocycles. The van der Waals surface area contributed by atoms with Gasteiger partial charge in [-0.25, -0.2) is 9.78 Å². The summed E-state index contributed by atoms with van der Waals surface area (Å²) >= 11 is 0. The molecule has 0 unspecified atom stereocenters. The van der Waals surface area contributed by atoms with Gasteiger partial charge < -0.3 is 34.6 Å². The van der Waals surface area contributed by atoms with Gasteiger partial charge in [-0.1, -0.05) is 18.2 Å². The SMILES string of the molecule is COC(=O)c1ccc(-c2ccc(O[C@@H]3O[C@H](CO)[C@@H](O)[C@H](O)[C@@H]3O)cc2)cn1. The Morgan fingerprint density at radius 3 is 2.29 bits per heavy atom. The van der Waals surface area contributed by atoms with Crippen molar-refractivity contribution in [3.63, 3.8) is 0 Å². The molecule has 1 aliphatic rings. The summed E-state index contributed by atoms with van der Waals surface area (Å²) in [4.78, 5) is 15.5. The predicted molar refractivity (Wildman–Crippen MR) is 95.4 cm³/mol. The maximum absolute atomic E-state index is 11.4. The van der Waals surface area contributed by atoms with Crippen LogP contribution in [0, 0.1) is 0 Å². The van der Waals surface area contributed by atoms with E-state index in [-0.39, 0.29) is 5.69 Å². The van der Waals surface area contributed by atoms with Crippen molar-refractivity contribution in [2.75, 3.05) is 13.7 Å². The second kappa shape index (κ2) is 8.63. The van der Waals surface area contributed by atoms with Gasteiger partial charge in [-0.2, -0.15) is 0 Å². The second-order valence-corrected chi connectivity index (χ2v) is 6.26. The molecule has 0 bridgehead atoms. The number of rotatable bonds is 5. The topological polar surface area (TPSA) is 139 Å². The number of ether oxygens (including phenoxy) is 3. The highest BCUT2D eigenvalue weighted by atomic mass is 16.7. The summed E-state index contributed by atoms with van der Waals surface area (Å²) in [6.07, 6.45) is -5.17. The van der Waals surface area contributed by atoms with Crippen molar-refractivity contribution in [1.29, 1.82) is 0 Å². The highest BCUT2D eigenvalue weighted by Gasteiger charge is 2.44. The van der Waals surface area contributed by atoms with Crippen LogP contribution in [-0.2, 0) is 9.47 Å². The van der Waals surface area contributed by atoms with Crippen molar-refractivity contribution in [3.8, 4) is 16.9 Å².